The van der Waals surface area contributed by atoms with Crippen LogP contribution in [0.25, 0.3) is 12.2 Å². The molecule has 0 heterocycles. The highest BCUT2D eigenvalue weighted by atomic mass is 16.1. The highest BCUT2D eigenvalue weighted by Crippen LogP contribution is 2.20. The van der Waals surface area contributed by atoms with Gasteiger partial charge in [0.05, 0.1) is 0 Å². The van der Waals surface area contributed by atoms with E-state index >= 15 is 0 Å². The standard InChI is InChI=1S/C14H15NO/c1-5-11-7-8-12(6-2)13(9-11)15-14(16)10(3)4/h5-9H,1-3H2,4H3,(H,15,16). The van der Waals surface area contributed by atoms with Crippen LogP contribution in [0.2, 0.25) is 0 Å². The number of hydrogen-bond acceptors (Lipinski definition) is 1. The van der Waals surface area contributed by atoms with Gasteiger partial charge in [0.25, 0.3) is 5.91 Å². The van der Waals surface area contributed by atoms with Gasteiger partial charge in [0, 0.05) is 11.3 Å². The Balaban J connectivity index is 3.09. The second-order valence-electron chi connectivity index (χ2n) is 3.49. The van der Waals surface area contributed by atoms with Crippen LogP contribution in [-0.4, -0.2) is 5.91 Å². The lowest BCUT2D eigenvalue weighted by Crippen LogP contribution is -2.12. The number of hydrogen-bond donors (Lipinski definition) is 1. The molecule has 1 N–H and O–H groups in total. The van der Waals surface area contributed by atoms with Gasteiger partial charge in [-0.05, 0) is 24.1 Å². The molecule has 1 aromatic rings. The molecule has 0 saturated heterocycles. The third-order valence-corrected chi connectivity index (χ3v) is 2.17. The molecule has 0 unspecified atom stereocenters. The van der Waals surface area contributed by atoms with Gasteiger partial charge in [-0.25, -0.2) is 0 Å². The molecule has 0 atom stereocenters. The first-order valence-electron chi connectivity index (χ1n) is 4.94. The molecule has 82 valence electrons. The molecule has 0 bridgehead atoms. The fraction of sp³-hybridized carbons (Fsp3) is 0.0714. The van der Waals surface area contributed by atoms with Crippen molar-refractivity contribution in [3.05, 3.63) is 54.6 Å². The third kappa shape index (κ3) is 2.70. The molecule has 1 amide bonds. The van der Waals surface area contributed by atoms with Crippen molar-refractivity contribution in [3.8, 4) is 0 Å². The SMILES string of the molecule is C=Cc1ccc(C=C)c(NC(=O)C(=C)C)c1. The van der Waals surface area contributed by atoms with Gasteiger partial charge in [-0.3, -0.25) is 4.79 Å². The molecule has 16 heavy (non-hydrogen) atoms. The van der Waals surface area contributed by atoms with Crippen molar-refractivity contribution in [1.29, 1.82) is 0 Å². The minimum absolute atomic E-state index is 0.190. The number of anilines is 1. The fourth-order valence-corrected chi connectivity index (χ4v) is 1.22. The van der Waals surface area contributed by atoms with E-state index in [2.05, 4.69) is 25.1 Å². The summed E-state index contributed by atoms with van der Waals surface area (Å²) in [6.45, 7) is 12.6. The summed E-state index contributed by atoms with van der Waals surface area (Å²) in [4.78, 5) is 11.5. The van der Waals surface area contributed by atoms with Crippen LogP contribution < -0.4 is 5.32 Å². The summed E-state index contributed by atoms with van der Waals surface area (Å²) in [7, 11) is 0. The van der Waals surface area contributed by atoms with Crippen LogP contribution in [0.4, 0.5) is 5.69 Å². The lowest BCUT2D eigenvalue weighted by Gasteiger charge is -2.09. The molecular weight excluding hydrogens is 198 g/mol. The van der Waals surface area contributed by atoms with Crippen molar-refractivity contribution in [2.24, 2.45) is 0 Å². The van der Waals surface area contributed by atoms with Gasteiger partial charge >= 0.3 is 0 Å². The number of carbonyl (C=O) groups excluding carboxylic acids is 1. The van der Waals surface area contributed by atoms with E-state index in [4.69, 9.17) is 0 Å². The first-order valence-corrected chi connectivity index (χ1v) is 4.94. The maximum Gasteiger partial charge on any atom is 0.250 e. The van der Waals surface area contributed by atoms with Crippen LogP contribution in [0.15, 0.2) is 43.5 Å². The van der Waals surface area contributed by atoms with E-state index < -0.39 is 0 Å². The van der Waals surface area contributed by atoms with Crippen molar-refractivity contribution in [2.45, 2.75) is 6.92 Å². The van der Waals surface area contributed by atoms with Crippen molar-refractivity contribution >= 4 is 23.7 Å². The summed E-state index contributed by atoms with van der Waals surface area (Å²) >= 11 is 0. The molecule has 0 fully saturated rings. The maximum atomic E-state index is 11.5. The average molecular weight is 213 g/mol. The maximum absolute atomic E-state index is 11.5. The summed E-state index contributed by atoms with van der Waals surface area (Å²) < 4.78 is 0. The predicted octanol–water partition coefficient (Wildman–Crippen LogP) is 3.49. The molecule has 0 aromatic heterocycles. The smallest absolute Gasteiger partial charge is 0.250 e. The minimum Gasteiger partial charge on any atom is -0.322 e. The molecule has 0 spiro atoms. The molecule has 2 heteroatoms. The Hall–Kier alpha value is -2.09. The first-order chi connectivity index (χ1) is 7.58. The highest BCUT2D eigenvalue weighted by Gasteiger charge is 2.05. The van der Waals surface area contributed by atoms with Gasteiger partial charge in [-0.2, -0.15) is 0 Å². The predicted molar refractivity (Wildman–Crippen MR) is 70.1 cm³/mol. The molecule has 0 saturated carbocycles. The van der Waals surface area contributed by atoms with Crippen LogP contribution in [0.3, 0.4) is 0 Å². The lowest BCUT2D eigenvalue weighted by molar-refractivity contribution is -0.112. The van der Waals surface area contributed by atoms with E-state index in [9.17, 15) is 4.79 Å². The highest BCUT2D eigenvalue weighted by molar-refractivity contribution is 6.04. The fourth-order valence-electron chi connectivity index (χ4n) is 1.22. The Labute approximate surface area is 96.0 Å². The zero-order valence-electron chi connectivity index (χ0n) is 9.42. The van der Waals surface area contributed by atoms with Gasteiger partial charge in [-0.1, -0.05) is 44.0 Å². The molecule has 1 aromatic carbocycles. The first kappa shape index (κ1) is 12.0. The number of benzene rings is 1. The molecule has 2 nitrogen and oxygen atoms in total. The van der Waals surface area contributed by atoms with Crippen LogP contribution in [0, 0.1) is 0 Å². The summed E-state index contributed by atoms with van der Waals surface area (Å²) in [5, 5.41) is 2.78. The number of nitrogens with one attached hydrogen (secondary N) is 1. The second-order valence-corrected chi connectivity index (χ2v) is 3.49. The van der Waals surface area contributed by atoms with E-state index in [1.54, 1.807) is 19.1 Å². The topological polar surface area (TPSA) is 29.1 Å². The summed E-state index contributed by atoms with van der Waals surface area (Å²) in [5.41, 5.74) is 3.02. The molecule has 0 aliphatic carbocycles. The number of carbonyl (C=O) groups is 1. The largest absolute Gasteiger partial charge is 0.322 e. The Morgan fingerprint density at radius 1 is 1.31 bits per heavy atom. The minimum atomic E-state index is -0.190. The summed E-state index contributed by atoms with van der Waals surface area (Å²) in [5.74, 6) is -0.190. The van der Waals surface area contributed by atoms with E-state index in [1.807, 2.05) is 18.2 Å². The Bertz CT molecular complexity index is 458. The number of amides is 1. The zero-order valence-corrected chi connectivity index (χ0v) is 9.42. The zero-order chi connectivity index (χ0) is 12.1. The Kier molecular flexibility index (Phi) is 3.84. The van der Waals surface area contributed by atoms with Gasteiger partial charge in [-0.15, -0.1) is 0 Å². The van der Waals surface area contributed by atoms with E-state index in [-0.39, 0.29) is 5.91 Å². The molecular formula is C14H15NO. The molecule has 1 rings (SSSR count). The van der Waals surface area contributed by atoms with Crippen molar-refractivity contribution in [3.63, 3.8) is 0 Å². The number of rotatable bonds is 4. The Morgan fingerprint density at radius 2 is 2.00 bits per heavy atom. The van der Waals surface area contributed by atoms with Crippen LogP contribution >= 0.6 is 0 Å². The molecule has 0 aliphatic heterocycles. The summed E-state index contributed by atoms with van der Waals surface area (Å²) in [6.07, 6.45) is 3.42. The Morgan fingerprint density at radius 3 is 2.50 bits per heavy atom. The van der Waals surface area contributed by atoms with Gasteiger partial charge in [0.2, 0.25) is 0 Å². The van der Waals surface area contributed by atoms with Gasteiger partial charge in [0.1, 0.15) is 0 Å². The summed E-state index contributed by atoms with van der Waals surface area (Å²) in [6, 6.07) is 5.66. The van der Waals surface area contributed by atoms with Crippen LogP contribution in [0.1, 0.15) is 18.1 Å². The normalized spacial score (nSPS) is 9.31. The van der Waals surface area contributed by atoms with Gasteiger partial charge in [0.15, 0.2) is 0 Å². The van der Waals surface area contributed by atoms with Crippen molar-refractivity contribution in [2.75, 3.05) is 5.32 Å². The van der Waals surface area contributed by atoms with Gasteiger partial charge < -0.3 is 5.32 Å². The van der Waals surface area contributed by atoms with E-state index in [1.165, 1.54) is 0 Å². The van der Waals surface area contributed by atoms with E-state index in [0.717, 1.165) is 16.8 Å². The third-order valence-electron chi connectivity index (χ3n) is 2.17. The van der Waals surface area contributed by atoms with E-state index in [0.29, 0.717) is 5.57 Å². The average Bonchev–Trinajstić information content (AvgIpc) is 2.28. The van der Waals surface area contributed by atoms with Crippen LogP contribution in [0.5, 0.6) is 0 Å². The monoisotopic (exact) mass is 213 g/mol. The molecule has 0 radical (unpaired) electrons. The lowest BCUT2D eigenvalue weighted by atomic mass is 10.1. The van der Waals surface area contributed by atoms with Crippen LogP contribution in [-0.2, 0) is 4.79 Å². The quantitative estimate of drug-likeness (QED) is 0.762. The van der Waals surface area contributed by atoms with Crippen molar-refractivity contribution < 1.29 is 4.79 Å². The second kappa shape index (κ2) is 5.12. The van der Waals surface area contributed by atoms with Crippen molar-refractivity contribution in [1.82, 2.24) is 0 Å². The molecule has 0 aliphatic rings.